The Bertz CT molecular complexity index is 1150. The van der Waals surface area contributed by atoms with Gasteiger partial charge in [-0.2, -0.15) is 26.9 Å². The van der Waals surface area contributed by atoms with Crippen molar-refractivity contribution >= 4 is 21.0 Å². The molecule has 0 spiro atoms. The predicted octanol–water partition coefficient (Wildman–Crippen LogP) is 3.74. The Balaban J connectivity index is 2.26. The number of rotatable bonds is 4. The Morgan fingerprint density at radius 2 is 1.78 bits per heavy atom. The Labute approximate surface area is 152 Å². The van der Waals surface area contributed by atoms with Gasteiger partial charge in [0.15, 0.2) is 11.5 Å². The third-order valence-corrected chi connectivity index (χ3v) is 4.69. The van der Waals surface area contributed by atoms with Gasteiger partial charge in [-0.1, -0.05) is 18.2 Å². The fourth-order valence-electron chi connectivity index (χ4n) is 2.51. The van der Waals surface area contributed by atoms with Gasteiger partial charge in [0.2, 0.25) is 0 Å². The fourth-order valence-corrected chi connectivity index (χ4v) is 2.97. The maximum Gasteiger partial charge on any atom is 0.534 e. The molecule has 1 aromatic heterocycles. The van der Waals surface area contributed by atoms with Crippen LogP contribution in [-0.4, -0.2) is 25.6 Å². The van der Waals surface area contributed by atoms with Crippen LogP contribution in [0.4, 0.5) is 13.2 Å². The van der Waals surface area contributed by atoms with Gasteiger partial charge in [-0.25, -0.2) is 0 Å². The van der Waals surface area contributed by atoms with Crippen LogP contribution in [0.1, 0.15) is 5.56 Å². The molecule has 0 radical (unpaired) electrons. The molecule has 10 heteroatoms. The summed E-state index contributed by atoms with van der Waals surface area (Å²) in [6, 6.07) is 13.0. The van der Waals surface area contributed by atoms with E-state index in [1.54, 1.807) is 34.9 Å². The number of alkyl halides is 3. The van der Waals surface area contributed by atoms with Crippen LogP contribution in [0.2, 0.25) is 0 Å². The number of fused-ring (bicyclic) bond motifs is 1. The van der Waals surface area contributed by atoms with Crippen LogP contribution >= 0.6 is 0 Å². The maximum atomic E-state index is 12.7. The van der Waals surface area contributed by atoms with Crippen molar-refractivity contribution in [3.05, 3.63) is 54.2 Å². The molecule has 27 heavy (non-hydrogen) atoms. The van der Waals surface area contributed by atoms with Crippen LogP contribution in [0.3, 0.4) is 0 Å². The molecule has 0 aliphatic carbocycles. The molecule has 0 bridgehead atoms. The number of ether oxygens (including phenoxy) is 1. The molecule has 0 saturated heterocycles. The van der Waals surface area contributed by atoms with Gasteiger partial charge < -0.3 is 13.5 Å². The molecule has 3 aromatic rings. The number of nitriles is 1. The smallest absolute Gasteiger partial charge is 0.493 e. The lowest BCUT2D eigenvalue weighted by atomic mass is 10.1. The third-order valence-electron chi connectivity index (χ3n) is 3.73. The molecule has 6 nitrogen and oxygen atoms in total. The summed E-state index contributed by atoms with van der Waals surface area (Å²) in [5, 5.41) is 9.71. The number of hydrogen-bond acceptors (Lipinski definition) is 5. The molecular formula is C17H11F3N2O4S. The summed E-state index contributed by atoms with van der Waals surface area (Å²) in [6.07, 6.45) is 1.49. The first-order chi connectivity index (χ1) is 12.7. The van der Waals surface area contributed by atoms with Gasteiger partial charge in [0.25, 0.3) is 0 Å². The van der Waals surface area contributed by atoms with Gasteiger partial charge in [-0.3, -0.25) is 0 Å². The monoisotopic (exact) mass is 396 g/mol. The van der Waals surface area contributed by atoms with Gasteiger partial charge in [0.1, 0.15) is 6.07 Å². The number of aromatic nitrogens is 1. The minimum Gasteiger partial charge on any atom is -0.493 e. The van der Waals surface area contributed by atoms with Gasteiger partial charge in [0.05, 0.1) is 18.2 Å². The molecule has 1 heterocycles. The second-order valence-electron chi connectivity index (χ2n) is 5.36. The largest absolute Gasteiger partial charge is 0.534 e. The summed E-state index contributed by atoms with van der Waals surface area (Å²) >= 11 is 0. The molecule has 0 atom stereocenters. The molecule has 2 aromatic carbocycles. The van der Waals surface area contributed by atoms with Gasteiger partial charge in [-0.05, 0) is 18.2 Å². The summed E-state index contributed by atoms with van der Waals surface area (Å²) < 4.78 is 71.5. The molecule has 3 rings (SSSR count). The summed E-state index contributed by atoms with van der Waals surface area (Å²) in [4.78, 5) is 0. The number of methoxy groups -OCH3 is 1. The van der Waals surface area contributed by atoms with Crippen molar-refractivity contribution in [2.45, 2.75) is 5.51 Å². The highest BCUT2D eigenvalue weighted by atomic mass is 32.2. The topological polar surface area (TPSA) is 81.3 Å². The van der Waals surface area contributed by atoms with Crippen molar-refractivity contribution in [1.29, 1.82) is 5.26 Å². The summed E-state index contributed by atoms with van der Waals surface area (Å²) in [5.41, 5.74) is -4.45. The number of nitrogens with zero attached hydrogens (tertiary/aromatic N) is 2. The van der Waals surface area contributed by atoms with Crippen molar-refractivity contribution in [3.8, 4) is 23.3 Å². The van der Waals surface area contributed by atoms with Gasteiger partial charge in [0, 0.05) is 23.3 Å². The van der Waals surface area contributed by atoms with E-state index < -0.39 is 21.4 Å². The molecule has 0 fully saturated rings. The van der Waals surface area contributed by atoms with Crippen LogP contribution in [0, 0.1) is 11.3 Å². The highest BCUT2D eigenvalue weighted by Gasteiger charge is 2.49. The Kier molecular flexibility index (Phi) is 4.49. The van der Waals surface area contributed by atoms with E-state index in [4.69, 9.17) is 4.74 Å². The molecule has 140 valence electrons. The first kappa shape index (κ1) is 18.6. The van der Waals surface area contributed by atoms with E-state index in [0.29, 0.717) is 11.1 Å². The quantitative estimate of drug-likeness (QED) is 0.496. The average Bonchev–Trinajstić information content (AvgIpc) is 2.98. The molecular weight excluding hydrogens is 385 g/mol. The molecule has 0 aliphatic heterocycles. The lowest BCUT2D eigenvalue weighted by Gasteiger charge is -2.13. The van der Waals surface area contributed by atoms with Crippen molar-refractivity contribution in [2.24, 2.45) is 0 Å². The zero-order valence-electron chi connectivity index (χ0n) is 13.7. The van der Waals surface area contributed by atoms with Gasteiger partial charge >= 0.3 is 15.6 Å². The SMILES string of the molecule is COc1cc2c(C#N)cn(-c3ccccc3)c2cc1OS(=O)(=O)C(F)(F)F. The first-order valence-corrected chi connectivity index (χ1v) is 8.78. The predicted molar refractivity (Wildman–Crippen MR) is 90.1 cm³/mol. The van der Waals surface area contributed by atoms with E-state index in [2.05, 4.69) is 4.18 Å². The first-order valence-electron chi connectivity index (χ1n) is 7.37. The Morgan fingerprint density at radius 3 is 2.33 bits per heavy atom. The normalized spacial score (nSPS) is 12.0. The van der Waals surface area contributed by atoms with Crippen molar-refractivity contribution in [2.75, 3.05) is 7.11 Å². The minimum absolute atomic E-state index is 0.234. The van der Waals surface area contributed by atoms with Crippen LogP contribution in [-0.2, 0) is 10.1 Å². The molecule has 0 aliphatic rings. The van der Waals surface area contributed by atoms with Crippen LogP contribution in [0.15, 0.2) is 48.7 Å². The minimum atomic E-state index is -5.88. The zero-order chi connectivity index (χ0) is 19.8. The van der Waals surface area contributed by atoms with E-state index in [-0.39, 0.29) is 16.8 Å². The van der Waals surface area contributed by atoms with E-state index in [1.807, 2.05) is 6.07 Å². The van der Waals surface area contributed by atoms with E-state index in [0.717, 1.165) is 13.2 Å². The lowest BCUT2D eigenvalue weighted by Crippen LogP contribution is -2.28. The van der Waals surface area contributed by atoms with E-state index >= 15 is 0 Å². The average molecular weight is 396 g/mol. The third kappa shape index (κ3) is 3.29. The van der Waals surface area contributed by atoms with E-state index in [1.165, 1.54) is 12.3 Å². The molecule has 0 saturated carbocycles. The van der Waals surface area contributed by atoms with Gasteiger partial charge in [-0.15, -0.1) is 0 Å². The van der Waals surface area contributed by atoms with E-state index in [9.17, 15) is 26.9 Å². The number of benzene rings is 2. The summed E-state index contributed by atoms with van der Waals surface area (Å²) in [7, 11) is -4.74. The number of halogens is 3. The molecule has 0 unspecified atom stereocenters. The zero-order valence-corrected chi connectivity index (χ0v) is 14.5. The Morgan fingerprint density at radius 1 is 1.11 bits per heavy atom. The van der Waals surface area contributed by atoms with Crippen LogP contribution < -0.4 is 8.92 Å². The standard InChI is InChI=1S/C17H11F3N2O4S/c1-25-15-7-13-11(9-21)10-22(12-5-3-2-4-6-12)14(13)8-16(15)26-27(23,24)17(18,19)20/h2-8,10H,1H3. The van der Waals surface area contributed by atoms with Crippen molar-refractivity contribution in [3.63, 3.8) is 0 Å². The van der Waals surface area contributed by atoms with Crippen LogP contribution in [0.25, 0.3) is 16.6 Å². The van der Waals surface area contributed by atoms with Crippen LogP contribution in [0.5, 0.6) is 11.5 Å². The fraction of sp³-hybridized carbons (Fsp3) is 0.118. The Hall–Kier alpha value is -3.19. The number of hydrogen-bond donors (Lipinski definition) is 0. The van der Waals surface area contributed by atoms with Crippen molar-refractivity contribution in [1.82, 2.24) is 4.57 Å². The summed E-state index contributed by atoms with van der Waals surface area (Å²) in [5.74, 6) is -0.889. The van der Waals surface area contributed by atoms with Crippen molar-refractivity contribution < 1.29 is 30.5 Å². The maximum absolute atomic E-state index is 12.7. The molecule has 0 amide bonds. The highest BCUT2D eigenvalue weighted by Crippen LogP contribution is 2.38. The second kappa shape index (κ2) is 6.51. The lowest BCUT2D eigenvalue weighted by molar-refractivity contribution is -0.0500. The molecule has 0 N–H and O–H groups in total. The number of para-hydroxylation sites is 1. The second-order valence-corrected chi connectivity index (χ2v) is 6.90. The highest BCUT2D eigenvalue weighted by molar-refractivity contribution is 7.88. The summed E-state index contributed by atoms with van der Waals surface area (Å²) in [6.45, 7) is 0.